The molecule has 1 heterocycles. The van der Waals surface area contributed by atoms with Crippen LogP contribution in [-0.2, 0) is 14.3 Å². The van der Waals surface area contributed by atoms with Crippen LogP contribution in [-0.4, -0.2) is 24.8 Å². The zero-order valence-electron chi connectivity index (χ0n) is 17.1. The highest BCUT2D eigenvalue weighted by Crippen LogP contribution is 2.31. The predicted molar refractivity (Wildman–Crippen MR) is 105 cm³/mol. The third-order valence-corrected chi connectivity index (χ3v) is 5.13. The van der Waals surface area contributed by atoms with Gasteiger partial charge in [-0.05, 0) is 19.3 Å². The maximum atomic E-state index is 11.3. The van der Waals surface area contributed by atoms with Crippen molar-refractivity contribution >= 4 is 5.97 Å². The Labute approximate surface area is 156 Å². The second-order valence-electron chi connectivity index (χ2n) is 8.00. The Hall–Kier alpha value is -0.570. The molecule has 1 aliphatic heterocycles. The number of ether oxygens (including phenoxy) is 2. The first-order valence-corrected chi connectivity index (χ1v) is 11.0. The van der Waals surface area contributed by atoms with Gasteiger partial charge in [-0.1, -0.05) is 91.4 Å². The van der Waals surface area contributed by atoms with Crippen molar-refractivity contribution in [2.45, 2.75) is 123 Å². The summed E-state index contributed by atoms with van der Waals surface area (Å²) in [4.78, 5) is 11.3. The highest BCUT2D eigenvalue weighted by Gasteiger charge is 2.36. The minimum Gasteiger partial charge on any atom is -0.465 e. The van der Waals surface area contributed by atoms with E-state index in [0.29, 0.717) is 18.8 Å². The molecule has 2 atom stereocenters. The van der Waals surface area contributed by atoms with E-state index in [9.17, 15) is 4.79 Å². The van der Waals surface area contributed by atoms with Crippen molar-refractivity contribution in [2.75, 3.05) is 6.61 Å². The Bertz CT molecular complexity index is 327. The lowest BCUT2D eigenvalue weighted by molar-refractivity contribution is -0.147. The first-order chi connectivity index (χ1) is 12.1. The van der Waals surface area contributed by atoms with Crippen molar-refractivity contribution < 1.29 is 14.3 Å². The molecule has 0 radical (unpaired) electrons. The molecule has 0 spiro atoms. The second-order valence-corrected chi connectivity index (χ2v) is 8.00. The summed E-state index contributed by atoms with van der Waals surface area (Å²) < 4.78 is 11.0. The topological polar surface area (TPSA) is 38.8 Å². The van der Waals surface area contributed by atoms with Crippen LogP contribution in [0, 0.1) is 5.92 Å². The van der Waals surface area contributed by atoms with Gasteiger partial charge in [-0.25, -0.2) is 0 Å². The van der Waals surface area contributed by atoms with Gasteiger partial charge in [0.1, 0.15) is 0 Å². The first kappa shape index (κ1) is 22.5. The number of rotatable bonds is 17. The van der Waals surface area contributed by atoms with Gasteiger partial charge in [0.05, 0.1) is 24.7 Å². The monoisotopic (exact) mass is 354 g/mol. The molecular formula is C22H42O3. The van der Waals surface area contributed by atoms with Crippen LogP contribution < -0.4 is 0 Å². The summed E-state index contributed by atoms with van der Waals surface area (Å²) in [7, 11) is 0. The average molecular weight is 355 g/mol. The zero-order valence-corrected chi connectivity index (χ0v) is 17.1. The Morgan fingerprint density at radius 2 is 1.28 bits per heavy atom. The van der Waals surface area contributed by atoms with Gasteiger partial charge in [0.2, 0.25) is 0 Å². The smallest absolute Gasteiger partial charge is 0.308 e. The third-order valence-electron chi connectivity index (χ3n) is 5.13. The van der Waals surface area contributed by atoms with E-state index in [4.69, 9.17) is 9.47 Å². The van der Waals surface area contributed by atoms with E-state index in [2.05, 4.69) is 6.92 Å². The number of esters is 1. The van der Waals surface area contributed by atoms with Gasteiger partial charge in [0.15, 0.2) is 0 Å². The molecule has 0 amide bonds. The van der Waals surface area contributed by atoms with E-state index < -0.39 is 0 Å². The fourth-order valence-corrected chi connectivity index (χ4v) is 3.31. The molecule has 0 aromatic rings. The number of unbranched alkanes of at least 4 members (excludes halogenated alkanes) is 10. The van der Waals surface area contributed by atoms with Crippen LogP contribution in [0.3, 0.4) is 0 Å². The Morgan fingerprint density at radius 3 is 1.80 bits per heavy atom. The molecule has 0 bridgehead atoms. The van der Waals surface area contributed by atoms with Crippen molar-refractivity contribution in [3.8, 4) is 0 Å². The largest absolute Gasteiger partial charge is 0.465 e. The minimum atomic E-state index is -0.0695. The SMILES string of the molecule is CCCCCCCC[C@H]1O[C@H]1CCCCCCCCOC(=O)C(C)C. The van der Waals surface area contributed by atoms with Crippen molar-refractivity contribution in [3.63, 3.8) is 0 Å². The molecule has 0 saturated carbocycles. The van der Waals surface area contributed by atoms with Crippen LogP contribution in [0.5, 0.6) is 0 Å². The number of epoxide rings is 1. The Balaban J connectivity index is 1.76. The molecule has 3 heteroatoms. The highest BCUT2D eigenvalue weighted by atomic mass is 16.6. The Kier molecular flexibility index (Phi) is 13.1. The standard InChI is InChI=1S/C22H42O3/c1-4-5-6-7-10-13-16-20-21(25-20)17-14-11-8-9-12-15-18-24-22(23)19(2)3/h19-21H,4-18H2,1-3H3/t20-,21+/m1/s1. The molecule has 0 N–H and O–H groups in total. The Morgan fingerprint density at radius 1 is 0.800 bits per heavy atom. The number of carbonyl (C=O) groups excluding carboxylic acids is 1. The molecule has 0 aromatic heterocycles. The second kappa shape index (κ2) is 14.6. The van der Waals surface area contributed by atoms with Crippen molar-refractivity contribution in [2.24, 2.45) is 5.92 Å². The van der Waals surface area contributed by atoms with E-state index in [1.807, 2.05) is 13.8 Å². The first-order valence-electron chi connectivity index (χ1n) is 11.0. The van der Waals surface area contributed by atoms with E-state index in [-0.39, 0.29) is 11.9 Å². The van der Waals surface area contributed by atoms with E-state index in [1.165, 1.54) is 83.5 Å². The fraction of sp³-hybridized carbons (Fsp3) is 0.955. The maximum absolute atomic E-state index is 11.3. The van der Waals surface area contributed by atoms with Crippen molar-refractivity contribution in [1.82, 2.24) is 0 Å². The summed E-state index contributed by atoms with van der Waals surface area (Å²) in [6, 6.07) is 0. The summed E-state index contributed by atoms with van der Waals surface area (Å²) >= 11 is 0. The van der Waals surface area contributed by atoms with Crippen molar-refractivity contribution in [1.29, 1.82) is 0 Å². The highest BCUT2D eigenvalue weighted by molar-refractivity contribution is 5.71. The predicted octanol–water partition coefficient (Wildman–Crippen LogP) is 6.43. The van der Waals surface area contributed by atoms with Gasteiger partial charge in [-0.2, -0.15) is 0 Å². The normalized spacial score (nSPS) is 19.4. The summed E-state index contributed by atoms with van der Waals surface area (Å²) in [5.41, 5.74) is 0. The molecule has 0 aliphatic carbocycles. The van der Waals surface area contributed by atoms with E-state index in [1.54, 1.807) is 0 Å². The van der Waals surface area contributed by atoms with Gasteiger partial charge >= 0.3 is 5.97 Å². The lowest BCUT2D eigenvalue weighted by atomic mass is 10.0. The van der Waals surface area contributed by atoms with Crippen LogP contribution in [0.2, 0.25) is 0 Å². The minimum absolute atomic E-state index is 0.00507. The molecule has 1 rings (SSSR count). The van der Waals surface area contributed by atoms with Gasteiger partial charge in [-0.15, -0.1) is 0 Å². The van der Waals surface area contributed by atoms with Gasteiger partial charge in [-0.3, -0.25) is 4.79 Å². The molecule has 0 unspecified atom stereocenters. The fourth-order valence-electron chi connectivity index (χ4n) is 3.31. The zero-order chi connectivity index (χ0) is 18.3. The molecule has 1 saturated heterocycles. The number of hydrogen-bond donors (Lipinski definition) is 0. The quantitative estimate of drug-likeness (QED) is 0.171. The van der Waals surface area contributed by atoms with Crippen LogP contribution in [0.15, 0.2) is 0 Å². The van der Waals surface area contributed by atoms with Crippen LogP contribution in [0.1, 0.15) is 111 Å². The molecule has 148 valence electrons. The molecular weight excluding hydrogens is 312 g/mol. The van der Waals surface area contributed by atoms with E-state index in [0.717, 1.165) is 6.42 Å². The van der Waals surface area contributed by atoms with Gasteiger partial charge in [0, 0.05) is 0 Å². The molecule has 3 nitrogen and oxygen atoms in total. The molecule has 0 aromatic carbocycles. The molecule has 1 aliphatic rings. The lowest BCUT2D eigenvalue weighted by Gasteiger charge is -2.06. The van der Waals surface area contributed by atoms with Crippen LogP contribution in [0.4, 0.5) is 0 Å². The van der Waals surface area contributed by atoms with Gasteiger partial charge < -0.3 is 9.47 Å². The number of carbonyl (C=O) groups is 1. The summed E-state index contributed by atoms with van der Waals surface area (Å²) in [6.45, 7) is 6.62. The van der Waals surface area contributed by atoms with Crippen LogP contribution >= 0.6 is 0 Å². The summed E-state index contributed by atoms with van der Waals surface area (Å²) in [6.07, 6.45) is 19.3. The summed E-state index contributed by atoms with van der Waals surface area (Å²) in [5, 5.41) is 0. The van der Waals surface area contributed by atoms with E-state index >= 15 is 0 Å². The van der Waals surface area contributed by atoms with Gasteiger partial charge in [0.25, 0.3) is 0 Å². The third kappa shape index (κ3) is 12.4. The average Bonchev–Trinajstić information content (AvgIpc) is 3.34. The summed E-state index contributed by atoms with van der Waals surface area (Å²) in [5.74, 6) is -0.0746. The number of hydrogen-bond acceptors (Lipinski definition) is 3. The molecule has 25 heavy (non-hydrogen) atoms. The maximum Gasteiger partial charge on any atom is 0.308 e. The molecule has 1 fully saturated rings. The van der Waals surface area contributed by atoms with Crippen molar-refractivity contribution in [3.05, 3.63) is 0 Å². The van der Waals surface area contributed by atoms with Crippen LogP contribution in [0.25, 0.3) is 0 Å². The lowest BCUT2D eigenvalue weighted by Crippen LogP contribution is -2.12.